The highest BCUT2D eigenvalue weighted by molar-refractivity contribution is 5.64. The van der Waals surface area contributed by atoms with Crippen molar-refractivity contribution in [2.45, 2.75) is 40.0 Å². The van der Waals surface area contributed by atoms with E-state index in [9.17, 15) is 0 Å². The lowest BCUT2D eigenvalue weighted by atomic mass is 10.0. The topological polar surface area (TPSA) is 0 Å². The molecule has 1 rings (SSSR count). The van der Waals surface area contributed by atoms with Gasteiger partial charge in [0.1, 0.15) is 0 Å². The van der Waals surface area contributed by atoms with Gasteiger partial charge in [0.2, 0.25) is 0 Å². The van der Waals surface area contributed by atoms with Crippen LogP contribution in [0.3, 0.4) is 0 Å². The Hall–Kier alpha value is -1.56. The van der Waals surface area contributed by atoms with E-state index in [2.05, 4.69) is 63.8 Å². The van der Waals surface area contributed by atoms with Crippen LogP contribution in [0.1, 0.15) is 45.6 Å². The Morgan fingerprint density at radius 1 is 1.06 bits per heavy atom. The van der Waals surface area contributed by atoms with Crippen molar-refractivity contribution in [1.29, 1.82) is 0 Å². The summed E-state index contributed by atoms with van der Waals surface area (Å²) in [4.78, 5) is 0. The largest absolute Gasteiger partial charge is 0.0949 e. The van der Waals surface area contributed by atoms with Gasteiger partial charge in [0.15, 0.2) is 0 Å². The van der Waals surface area contributed by atoms with Crippen molar-refractivity contribution in [1.82, 2.24) is 0 Å². The molecule has 1 aromatic rings. The maximum Gasteiger partial charge on any atom is -0.00948 e. The van der Waals surface area contributed by atoms with E-state index in [1.165, 1.54) is 22.3 Å². The molecule has 0 atom stereocenters. The highest BCUT2D eigenvalue weighted by Crippen LogP contribution is 2.18. The van der Waals surface area contributed by atoms with Gasteiger partial charge in [-0.1, -0.05) is 60.2 Å². The molecule has 0 radical (unpaired) electrons. The molecule has 0 N–H and O–H groups in total. The van der Waals surface area contributed by atoms with E-state index in [0.717, 1.165) is 19.3 Å². The Labute approximate surface area is 112 Å². The van der Waals surface area contributed by atoms with E-state index in [4.69, 9.17) is 0 Å². The van der Waals surface area contributed by atoms with E-state index in [1.807, 2.05) is 6.07 Å². The number of allylic oxidation sites excluding steroid dienone is 5. The van der Waals surface area contributed by atoms with Gasteiger partial charge >= 0.3 is 0 Å². The lowest BCUT2D eigenvalue weighted by Crippen LogP contribution is -1.82. The molecule has 96 valence electrons. The molecule has 0 aliphatic carbocycles. The van der Waals surface area contributed by atoms with Gasteiger partial charge in [0.05, 0.1) is 0 Å². The zero-order chi connectivity index (χ0) is 13.4. The first-order valence-electron chi connectivity index (χ1n) is 6.62. The van der Waals surface area contributed by atoms with Crippen molar-refractivity contribution in [3.63, 3.8) is 0 Å². The molecule has 0 aliphatic rings. The van der Waals surface area contributed by atoms with Crippen LogP contribution in [0.2, 0.25) is 0 Å². The van der Waals surface area contributed by atoms with Gasteiger partial charge in [-0.3, -0.25) is 0 Å². The van der Waals surface area contributed by atoms with Gasteiger partial charge in [-0.2, -0.15) is 0 Å². The van der Waals surface area contributed by atoms with Crippen molar-refractivity contribution >= 4 is 5.57 Å². The molecule has 0 bridgehead atoms. The van der Waals surface area contributed by atoms with E-state index in [-0.39, 0.29) is 0 Å². The fourth-order valence-corrected chi connectivity index (χ4v) is 1.78. The molecule has 0 heterocycles. The van der Waals surface area contributed by atoms with Gasteiger partial charge < -0.3 is 0 Å². The van der Waals surface area contributed by atoms with Crippen LogP contribution < -0.4 is 0 Å². The Balaban J connectivity index is 2.44. The zero-order valence-corrected chi connectivity index (χ0v) is 11.9. The van der Waals surface area contributed by atoms with Gasteiger partial charge in [0.25, 0.3) is 0 Å². The Kier molecular flexibility index (Phi) is 6.21. The lowest BCUT2D eigenvalue weighted by molar-refractivity contribution is 0.959. The normalized spacial score (nSPS) is 11.2. The quantitative estimate of drug-likeness (QED) is 0.553. The minimum Gasteiger partial charge on any atom is -0.0949 e. The minimum atomic E-state index is 0.949. The maximum absolute atomic E-state index is 4.15. The number of rotatable bonds is 6. The van der Waals surface area contributed by atoms with E-state index < -0.39 is 0 Å². The molecule has 0 unspecified atom stereocenters. The summed E-state index contributed by atoms with van der Waals surface area (Å²) in [6.07, 6.45) is 7.83. The summed E-state index contributed by atoms with van der Waals surface area (Å²) >= 11 is 0. The van der Waals surface area contributed by atoms with E-state index in [0.29, 0.717) is 0 Å². The molecule has 18 heavy (non-hydrogen) atoms. The Bertz CT molecular complexity index is 428. The van der Waals surface area contributed by atoms with Crippen LogP contribution in [0.25, 0.3) is 5.57 Å². The van der Waals surface area contributed by atoms with Crippen LogP contribution in [-0.2, 0) is 0 Å². The molecule has 0 aromatic heterocycles. The van der Waals surface area contributed by atoms with E-state index >= 15 is 0 Å². The van der Waals surface area contributed by atoms with Gasteiger partial charge in [-0.25, -0.2) is 0 Å². The second-order valence-electron chi connectivity index (χ2n) is 5.04. The maximum atomic E-state index is 4.15. The number of hydrogen-bond donors (Lipinski definition) is 0. The average Bonchev–Trinajstić information content (AvgIpc) is 2.36. The summed E-state index contributed by atoms with van der Waals surface area (Å²) < 4.78 is 0. The van der Waals surface area contributed by atoms with Crippen molar-refractivity contribution < 1.29 is 0 Å². The molecule has 1 aromatic carbocycles. The molecule has 0 nitrogen and oxygen atoms in total. The highest BCUT2D eigenvalue weighted by Gasteiger charge is 1.96. The smallest absolute Gasteiger partial charge is 0.00948 e. The number of benzene rings is 1. The predicted molar refractivity (Wildman–Crippen MR) is 82.5 cm³/mol. The minimum absolute atomic E-state index is 0.949. The van der Waals surface area contributed by atoms with Crippen molar-refractivity contribution in [2.75, 3.05) is 0 Å². The van der Waals surface area contributed by atoms with Gasteiger partial charge in [-0.15, -0.1) is 0 Å². The average molecular weight is 240 g/mol. The first-order chi connectivity index (χ1) is 8.59. The van der Waals surface area contributed by atoms with Crippen LogP contribution in [0.15, 0.2) is 60.2 Å². The first-order valence-corrected chi connectivity index (χ1v) is 6.62. The third-order valence-electron chi connectivity index (χ3n) is 2.97. The summed E-state index contributed by atoms with van der Waals surface area (Å²) in [5.41, 5.74) is 5.28. The molecular formula is C18H24. The summed E-state index contributed by atoms with van der Waals surface area (Å²) in [6, 6.07) is 10.4. The molecule has 0 saturated heterocycles. The van der Waals surface area contributed by atoms with Crippen molar-refractivity contribution in [3.8, 4) is 0 Å². The van der Waals surface area contributed by atoms with Gasteiger partial charge in [-0.05, 0) is 51.2 Å². The second kappa shape index (κ2) is 7.71. The molecule has 0 amide bonds. The van der Waals surface area contributed by atoms with Gasteiger partial charge in [0, 0.05) is 0 Å². The van der Waals surface area contributed by atoms with Crippen LogP contribution in [0.5, 0.6) is 0 Å². The molecule has 0 aliphatic heterocycles. The molecule has 0 heteroatoms. The Morgan fingerprint density at radius 3 is 2.33 bits per heavy atom. The van der Waals surface area contributed by atoms with Crippen LogP contribution in [-0.4, -0.2) is 0 Å². The lowest BCUT2D eigenvalue weighted by Gasteiger charge is -2.04. The second-order valence-corrected chi connectivity index (χ2v) is 5.04. The first kappa shape index (κ1) is 14.5. The Morgan fingerprint density at radius 2 is 1.72 bits per heavy atom. The predicted octanol–water partition coefficient (Wildman–Crippen LogP) is 5.78. The summed E-state index contributed by atoms with van der Waals surface area (Å²) in [5, 5.41) is 0. The SMILES string of the molecule is C=C(C/C=C(\C)CCC=C(C)C)c1ccccc1. The molecule has 0 spiro atoms. The molecule has 0 saturated carbocycles. The monoisotopic (exact) mass is 240 g/mol. The van der Waals surface area contributed by atoms with E-state index in [1.54, 1.807) is 0 Å². The fourth-order valence-electron chi connectivity index (χ4n) is 1.78. The number of hydrogen-bond acceptors (Lipinski definition) is 0. The van der Waals surface area contributed by atoms with Crippen LogP contribution in [0, 0.1) is 0 Å². The molecule has 0 fully saturated rings. The third-order valence-corrected chi connectivity index (χ3v) is 2.97. The fraction of sp³-hybridized carbons (Fsp3) is 0.333. The summed E-state index contributed by atoms with van der Waals surface area (Å²) in [6.45, 7) is 10.7. The highest BCUT2D eigenvalue weighted by atomic mass is 14.0. The summed E-state index contributed by atoms with van der Waals surface area (Å²) in [5.74, 6) is 0. The standard InChI is InChI=1S/C18H24/c1-15(2)9-8-10-16(3)13-14-17(4)18-11-6-5-7-12-18/h5-7,9,11-13H,4,8,10,14H2,1-3H3/b16-13+. The summed E-state index contributed by atoms with van der Waals surface area (Å²) in [7, 11) is 0. The van der Waals surface area contributed by atoms with Crippen molar-refractivity contribution in [3.05, 3.63) is 65.8 Å². The van der Waals surface area contributed by atoms with Crippen LogP contribution >= 0.6 is 0 Å². The van der Waals surface area contributed by atoms with Crippen LogP contribution in [0.4, 0.5) is 0 Å². The zero-order valence-electron chi connectivity index (χ0n) is 11.9. The van der Waals surface area contributed by atoms with Crippen molar-refractivity contribution in [2.24, 2.45) is 0 Å². The third kappa shape index (κ3) is 5.67. The molecular weight excluding hydrogens is 216 g/mol.